The number of thioether (sulfide) groups is 1. The van der Waals surface area contributed by atoms with E-state index in [1.54, 1.807) is 7.11 Å². The van der Waals surface area contributed by atoms with Gasteiger partial charge in [-0.2, -0.15) is 4.98 Å². The standard InChI is InChI=1S/C15H20N4OS/c1-8-5-10(6-9(2)12(8)20-3)7-11-13(16)18-15(17)19-14(11)21-4/h5-6H,7H2,1-4H3,(H4,16,17,18,19). The largest absolute Gasteiger partial charge is 0.496 e. The van der Waals surface area contributed by atoms with Crippen LogP contribution in [0.4, 0.5) is 11.8 Å². The summed E-state index contributed by atoms with van der Waals surface area (Å²) in [7, 11) is 1.69. The van der Waals surface area contributed by atoms with Crippen LogP contribution in [-0.2, 0) is 6.42 Å². The van der Waals surface area contributed by atoms with E-state index in [0.717, 1.165) is 33.0 Å². The van der Waals surface area contributed by atoms with E-state index >= 15 is 0 Å². The van der Waals surface area contributed by atoms with Crippen molar-refractivity contribution in [2.75, 3.05) is 24.8 Å². The van der Waals surface area contributed by atoms with Crippen LogP contribution in [-0.4, -0.2) is 23.3 Å². The maximum absolute atomic E-state index is 6.01. The Balaban J connectivity index is 2.43. The highest BCUT2D eigenvalue weighted by molar-refractivity contribution is 7.98. The summed E-state index contributed by atoms with van der Waals surface area (Å²) in [6.45, 7) is 4.07. The Morgan fingerprint density at radius 3 is 2.29 bits per heavy atom. The second-order valence-electron chi connectivity index (χ2n) is 4.89. The van der Waals surface area contributed by atoms with Gasteiger partial charge in [-0.1, -0.05) is 12.1 Å². The molecule has 6 heteroatoms. The van der Waals surface area contributed by atoms with E-state index in [4.69, 9.17) is 16.2 Å². The third-order valence-corrected chi connectivity index (χ3v) is 4.04. The molecule has 0 radical (unpaired) electrons. The molecule has 0 aliphatic heterocycles. The van der Waals surface area contributed by atoms with Gasteiger partial charge in [0.05, 0.1) is 7.11 Å². The SMILES string of the molecule is COc1c(C)cc(Cc2c(N)nc(N)nc2SC)cc1C. The van der Waals surface area contributed by atoms with E-state index in [1.807, 2.05) is 20.1 Å². The minimum atomic E-state index is 0.211. The van der Waals surface area contributed by atoms with Gasteiger partial charge in [-0.3, -0.25) is 0 Å². The van der Waals surface area contributed by atoms with Crippen LogP contribution in [0.25, 0.3) is 0 Å². The molecule has 0 bridgehead atoms. The second-order valence-corrected chi connectivity index (χ2v) is 5.69. The first-order chi connectivity index (χ1) is 9.96. The highest BCUT2D eigenvalue weighted by atomic mass is 32.2. The van der Waals surface area contributed by atoms with Crippen molar-refractivity contribution < 1.29 is 4.74 Å². The molecular formula is C15H20N4OS. The lowest BCUT2D eigenvalue weighted by atomic mass is 10.0. The molecule has 0 unspecified atom stereocenters. The molecule has 1 heterocycles. The van der Waals surface area contributed by atoms with Crippen molar-refractivity contribution in [1.29, 1.82) is 0 Å². The van der Waals surface area contributed by atoms with Crippen LogP contribution in [0.5, 0.6) is 5.75 Å². The van der Waals surface area contributed by atoms with Crippen LogP contribution in [0.1, 0.15) is 22.3 Å². The van der Waals surface area contributed by atoms with E-state index in [9.17, 15) is 0 Å². The Morgan fingerprint density at radius 2 is 1.76 bits per heavy atom. The topological polar surface area (TPSA) is 87.0 Å². The van der Waals surface area contributed by atoms with Gasteiger partial charge in [0.25, 0.3) is 0 Å². The second kappa shape index (κ2) is 6.22. The van der Waals surface area contributed by atoms with Crippen LogP contribution in [0.15, 0.2) is 17.2 Å². The van der Waals surface area contributed by atoms with E-state index < -0.39 is 0 Å². The summed E-state index contributed by atoms with van der Waals surface area (Å²) in [5.41, 5.74) is 15.9. The Bertz CT molecular complexity index is 650. The first kappa shape index (κ1) is 15.4. The first-order valence-electron chi connectivity index (χ1n) is 6.56. The van der Waals surface area contributed by atoms with Crippen molar-refractivity contribution in [3.05, 3.63) is 34.4 Å². The molecule has 0 saturated heterocycles. The number of aromatic nitrogens is 2. The number of hydrogen-bond donors (Lipinski definition) is 2. The van der Waals surface area contributed by atoms with Gasteiger partial charge in [0.2, 0.25) is 5.95 Å². The van der Waals surface area contributed by atoms with Crippen molar-refractivity contribution in [1.82, 2.24) is 9.97 Å². The molecule has 2 aromatic rings. The van der Waals surface area contributed by atoms with Crippen LogP contribution >= 0.6 is 11.8 Å². The van der Waals surface area contributed by atoms with Crippen molar-refractivity contribution in [2.24, 2.45) is 0 Å². The van der Waals surface area contributed by atoms with Crippen molar-refractivity contribution in [2.45, 2.75) is 25.3 Å². The molecule has 0 aliphatic rings. The van der Waals surface area contributed by atoms with Crippen molar-refractivity contribution in [3.8, 4) is 5.75 Å². The molecule has 0 amide bonds. The minimum absolute atomic E-state index is 0.211. The monoisotopic (exact) mass is 304 g/mol. The van der Waals surface area contributed by atoms with Crippen molar-refractivity contribution >= 4 is 23.5 Å². The molecular weight excluding hydrogens is 284 g/mol. The smallest absolute Gasteiger partial charge is 0.223 e. The van der Waals surface area contributed by atoms with E-state index in [2.05, 4.69) is 22.1 Å². The third kappa shape index (κ3) is 3.21. The number of anilines is 2. The maximum atomic E-state index is 6.01. The van der Waals surface area contributed by atoms with Gasteiger partial charge in [-0.05, 0) is 36.8 Å². The Morgan fingerprint density at radius 1 is 1.14 bits per heavy atom. The van der Waals surface area contributed by atoms with E-state index in [-0.39, 0.29) is 5.95 Å². The lowest BCUT2D eigenvalue weighted by molar-refractivity contribution is 0.408. The van der Waals surface area contributed by atoms with Gasteiger partial charge < -0.3 is 16.2 Å². The molecule has 0 saturated carbocycles. The molecule has 2 rings (SSSR count). The lowest BCUT2D eigenvalue weighted by Crippen LogP contribution is -2.07. The zero-order chi connectivity index (χ0) is 15.6. The highest BCUT2D eigenvalue weighted by Gasteiger charge is 2.13. The fourth-order valence-electron chi connectivity index (χ4n) is 2.50. The van der Waals surface area contributed by atoms with Gasteiger partial charge >= 0.3 is 0 Å². The molecule has 112 valence electrons. The van der Waals surface area contributed by atoms with Crippen LogP contribution < -0.4 is 16.2 Å². The van der Waals surface area contributed by atoms with Crippen LogP contribution in [0.2, 0.25) is 0 Å². The number of nitrogen functional groups attached to an aromatic ring is 2. The number of nitrogens with two attached hydrogens (primary N) is 2. The summed E-state index contributed by atoms with van der Waals surface area (Å²) in [5, 5.41) is 0.825. The molecule has 0 fully saturated rings. The molecule has 21 heavy (non-hydrogen) atoms. The molecule has 0 atom stereocenters. The molecule has 1 aromatic carbocycles. The fourth-order valence-corrected chi connectivity index (χ4v) is 3.11. The summed E-state index contributed by atoms with van der Waals surface area (Å²) in [6, 6.07) is 4.21. The predicted molar refractivity (Wildman–Crippen MR) is 87.9 cm³/mol. The van der Waals surface area contributed by atoms with Crippen molar-refractivity contribution in [3.63, 3.8) is 0 Å². The number of aryl methyl sites for hydroxylation is 2. The maximum Gasteiger partial charge on any atom is 0.223 e. The lowest BCUT2D eigenvalue weighted by Gasteiger charge is -2.13. The normalized spacial score (nSPS) is 10.7. The van der Waals surface area contributed by atoms with Gasteiger partial charge in [0.15, 0.2) is 0 Å². The van der Waals surface area contributed by atoms with E-state index in [1.165, 1.54) is 11.8 Å². The number of benzene rings is 1. The zero-order valence-corrected chi connectivity index (χ0v) is 13.5. The van der Waals surface area contributed by atoms with Crippen LogP contribution in [0, 0.1) is 13.8 Å². The summed E-state index contributed by atoms with van der Waals surface area (Å²) in [4.78, 5) is 8.32. The number of rotatable bonds is 4. The van der Waals surface area contributed by atoms with E-state index in [0.29, 0.717) is 12.2 Å². The quantitative estimate of drug-likeness (QED) is 0.667. The number of ether oxygens (including phenoxy) is 1. The molecule has 4 N–H and O–H groups in total. The summed E-state index contributed by atoms with van der Waals surface area (Å²) >= 11 is 1.52. The first-order valence-corrected chi connectivity index (χ1v) is 7.78. The van der Waals surface area contributed by atoms with Gasteiger partial charge in [-0.15, -0.1) is 11.8 Å². The number of methoxy groups -OCH3 is 1. The molecule has 1 aromatic heterocycles. The van der Waals surface area contributed by atoms with Gasteiger partial charge in [0, 0.05) is 12.0 Å². The number of nitrogens with zero attached hydrogens (tertiary/aromatic N) is 2. The Labute approximate surface area is 129 Å². The highest BCUT2D eigenvalue weighted by Crippen LogP contribution is 2.29. The summed E-state index contributed by atoms with van der Waals surface area (Å²) in [5.74, 6) is 1.58. The average molecular weight is 304 g/mol. The molecule has 5 nitrogen and oxygen atoms in total. The molecule has 0 spiro atoms. The number of hydrogen-bond acceptors (Lipinski definition) is 6. The minimum Gasteiger partial charge on any atom is -0.496 e. The van der Waals surface area contributed by atoms with Gasteiger partial charge in [-0.25, -0.2) is 4.98 Å². The summed E-state index contributed by atoms with van der Waals surface area (Å²) in [6.07, 6.45) is 2.63. The Kier molecular flexibility index (Phi) is 4.57. The summed E-state index contributed by atoms with van der Waals surface area (Å²) < 4.78 is 5.40. The zero-order valence-electron chi connectivity index (χ0n) is 12.7. The molecule has 0 aliphatic carbocycles. The average Bonchev–Trinajstić information content (AvgIpc) is 2.41. The van der Waals surface area contributed by atoms with Gasteiger partial charge in [0.1, 0.15) is 16.6 Å². The third-order valence-electron chi connectivity index (χ3n) is 3.32. The fraction of sp³-hybridized carbons (Fsp3) is 0.333. The van der Waals surface area contributed by atoms with Crippen LogP contribution in [0.3, 0.4) is 0 Å². The Hall–Kier alpha value is -1.95. The predicted octanol–water partition coefficient (Wildman–Crippen LogP) is 2.58.